The van der Waals surface area contributed by atoms with Gasteiger partial charge in [0, 0.05) is 34.2 Å². The van der Waals surface area contributed by atoms with Crippen LogP contribution >= 0.6 is 0 Å². The maximum atomic E-state index is 13.4. The van der Waals surface area contributed by atoms with Crippen molar-refractivity contribution in [2.45, 2.75) is 0 Å². The molecule has 1 aromatic carbocycles. The highest BCUT2D eigenvalue weighted by atomic mass is 19.1. The molecule has 0 radical (unpaired) electrons. The molecule has 0 aliphatic carbocycles. The van der Waals surface area contributed by atoms with Gasteiger partial charge in [-0.25, -0.2) is 4.39 Å². The lowest BCUT2D eigenvalue weighted by Gasteiger charge is -2.02. The van der Waals surface area contributed by atoms with Crippen LogP contribution < -0.4 is 0 Å². The lowest BCUT2D eigenvalue weighted by molar-refractivity contribution is 0.628. The van der Waals surface area contributed by atoms with Gasteiger partial charge in [0.15, 0.2) is 0 Å². The van der Waals surface area contributed by atoms with Crippen LogP contribution in [0.2, 0.25) is 0 Å². The molecule has 0 atom stereocenters. The lowest BCUT2D eigenvalue weighted by atomic mass is 10.1. The summed E-state index contributed by atoms with van der Waals surface area (Å²) < 4.78 is 13.4. The summed E-state index contributed by atoms with van der Waals surface area (Å²) in [6, 6.07) is 18.0. The van der Waals surface area contributed by atoms with Crippen LogP contribution in [0.1, 0.15) is 0 Å². The van der Waals surface area contributed by atoms with E-state index < -0.39 is 0 Å². The van der Waals surface area contributed by atoms with E-state index in [4.69, 9.17) is 0 Å². The molecule has 2 N–H and O–H groups in total. The molecule has 7 heteroatoms. The van der Waals surface area contributed by atoms with Crippen LogP contribution in [0.3, 0.4) is 0 Å². The average Bonchev–Trinajstić information content (AvgIpc) is 3.43. The highest BCUT2D eigenvalue weighted by molar-refractivity contribution is 6.00. The summed E-state index contributed by atoms with van der Waals surface area (Å²) in [5.74, 6) is -0.272. The van der Waals surface area contributed by atoms with Crippen molar-refractivity contribution in [3.05, 3.63) is 85.1 Å². The predicted octanol–water partition coefficient (Wildman–Crippen LogP) is 5.37. The van der Waals surface area contributed by atoms with E-state index in [1.807, 2.05) is 36.4 Å². The van der Waals surface area contributed by atoms with Gasteiger partial charge in [0.25, 0.3) is 0 Å². The second-order valence-electron chi connectivity index (χ2n) is 7.21. The lowest BCUT2D eigenvalue weighted by Crippen LogP contribution is -1.86. The maximum absolute atomic E-state index is 13.4. The second kappa shape index (κ2) is 6.84. The van der Waals surface area contributed by atoms with Crippen molar-refractivity contribution in [3.8, 4) is 34.0 Å². The van der Waals surface area contributed by atoms with E-state index >= 15 is 0 Å². The third-order valence-corrected chi connectivity index (χ3v) is 5.30. The first-order chi connectivity index (χ1) is 15.3. The van der Waals surface area contributed by atoms with Gasteiger partial charge in [-0.15, -0.1) is 0 Å². The third-order valence-electron chi connectivity index (χ3n) is 5.30. The van der Waals surface area contributed by atoms with Gasteiger partial charge in [0.05, 0.1) is 34.5 Å². The summed E-state index contributed by atoms with van der Waals surface area (Å²) in [6.45, 7) is 0. The number of H-pyrrole nitrogens is 2. The number of aromatic amines is 2. The minimum absolute atomic E-state index is 0.272. The Hall–Kier alpha value is -4.39. The first kappa shape index (κ1) is 17.5. The molecule has 0 bridgehead atoms. The Bertz CT molecular complexity index is 1530. The van der Waals surface area contributed by atoms with E-state index in [0.29, 0.717) is 0 Å². The summed E-state index contributed by atoms with van der Waals surface area (Å²) in [4.78, 5) is 16.9. The molecule has 31 heavy (non-hydrogen) atoms. The number of halogens is 1. The zero-order chi connectivity index (χ0) is 20.8. The van der Waals surface area contributed by atoms with Crippen molar-refractivity contribution < 1.29 is 4.39 Å². The number of nitrogens with one attached hydrogen (secondary N) is 2. The zero-order valence-corrected chi connectivity index (χ0v) is 16.2. The number of rotatable bonds is 3. The molecule has 0 spiro atoms. The molecule has 0 amide bonds. The SMILES string of the molecule is Fc1ccc(-c2nccc3[nH]c(-c4n[nH]c5cnc(-c6ccccn6)cc45)cc23)cc1. The molecule has 5 aromatic heterocycles. The molecule has 0 aliphatic rings. The number of fused-ring (bicyclic) bond motifs is 2. The van der Waals surface area contributed by atoms with E-state index in [9.17, 15) is 4.39 Å². The van der Waals surface area contributed by atoms with Gasteiger partial charge in [-0.2, -0.15) is 5.10 Å². The highest BCUT2D eigenvalue weighted by Gasteiger charge is 2.15. The Morgan fingerprint density at radius 1 is 0.710 bits per heavy atom. The van der Waals surface area contributed by atoms with Crippen LogP contribution in [-0.4, -0.2) is 30.1 Å². The van der Waals surface area contributed by atoms with Crippen LogP contribution in [-0.2, 0) is 0 Å². The van der Waals surface area contributed by atoms with Crippen molar-refractivity contribution >= 4 is 21.8 Å². The van der Waals surface area contributed by atoms with Crippen LogP contribution in [0, 0.1) is 5.82 Å². The van der Waals surface area contributed by atoms with Crippen molar-refractivity contribution in [3.63, 3.8) is 0 Å². The van der Waals surface area contributed by atoms with Crippen molar-refractivity contribution in [1.29, 1.82) is 0 Å². The fourth-order valence-corrected chi connectivity index (χ4v) is 3.80. The van der Waals surface area contributed by atoms with E-state index in [1.165, 1.54) is 12.1 Å². The number of nitrogens with zero attached hydrogens (tertiary/aromatic N) is 4. The Morgan fingerprint density at radius 2 is 1.58 bits per heavy atom. The average molecular weight is 406 g/mol. The molecule has 6 nitrogen and oxygen atoms in total. The summed E-state index contributed by atoms with van der Waals surface area (Å²) in [5.41, 5.74) is 6.63. The number of benzene rings is 1. The van der Waals surface area contributed by atoms with Crippen molar-refractivity contribution in [1.82, 2.24) is 30.1 Å². The van der Waals surface area contributed by atoms with E-state index in [0.717, 1.165) is 55.8 Å². The molecule has 0 fully saturated rings. The number of hydrogen-bond donors (Lipinski definition) is 2. The third kappa shape index (κ3) is 2.95. The first-order valence-corrected chi connectivity index (χ1v) is 9.76. The molecular weight excluding hydrogens is 391 g/mol. The quantitative estimate of drug-likeness (QED) is 0.414. The molecule has 148 valence electrons. The van der Waals surface area contributed by atoms with Gasteiger partial charge in [-0.05, 0) is 54.6 Å². The first-order valence-electron chi connectivity index (χ1n) is 9.76. The number of pyridine rings is 3. The Labute approximate surface area is 175 Å². The number of hydrogen-bond acceptors (Lipinski definition) is 4. The molecule has 5 heterocycles. The molecule has 0 unspecified atom stereocenters. The highest BCUT2D eigenvalue weighted by Crippen LogP contribution is 2.33. The van der Waals surface area contributed by atoms with Gasteiger partial charge in [-0.3, -0.25) is 20.1 Å². The van der Waals surface area contributed by atoms with E-state index in [-0.39, 0.29) is 5.82 Å². The largest absolute Gasteiger partial charge is 0.353 e. The Balaban J connectivity index is 1.51. The van der Waals surface area contributed by atoms with Gasteiger partial charge >= 0.3 is 0 Å². The van der Waals surface area contributed by atoms with Gasteiger partial charge in [-0.1, -0.05) is 6.07 Å². The maximum Gasteiger partial charge on any atom is 0.123 e. The number of aromatic nitrogens is 6. The fourth-order valence-electron chi connectivity index (χ4n) is 3.80. The normalized spacial score (nSPS) is 11.4. The molecule has 0 saturated heterocycles. The molecule has 6 rings (SSSR count). The molecule has 0 saturated carbocycles. The summed E-state index contributed by atoms with van der Waals surface area (Å²) >= 11 is 0. The molecule has 6 aromatic rings. The predicted molar refractivity (Wildman–Crippen MR) is 118 cm³/mol. The van der Waals surface area contributed by atoms with E-state index in [1.54, 1.807) is 30.7 Å². The standard InChI is InChI=1S/C24H15FN6/c25-15-6-4-14(5-7-15)23-16-12-21(29-18(16)8-10-27-23)24-17-11-20(19-3-1-2-9-26-19)28-13-22(17)30-31-24/h1-13,29H,(H,30,31). The summed E-state index contributed by atoms with van der Waals surface area (Å²) in [5, 5.41) is 9.46. The fraction of sp³-hybridized carbons (Fsp3) is 0. The van der Waals surface area contributed by atoms with Crippen LogP contribution in [0.4, 0.5) is 4.39 Å². The van der Waals surface area contributed by atoms with Gasteiger partial charge in [0.2, 0.25) is 0 Å². The van der Waals surface area contributed by atoms with Gasteiger partial charge < -0.3 is 4.98 Å². The van der Waals surface area contributed by atoms with Crippen LogP contribution in [0.15, 0.2) is 79.3 Å². The summed E-state index contributed by atoms with van der Waals surface area (Å²) in [6.07, 6.45) is 5.26. The topological polar surface area (TPSA) is 83.1 Å². The minimum atomic E-state index is -0.272. The van der Waals surface area contributed by atoms with Crippen LogP contribution in [0.25, 0.3) is 55.8 Å². The Morgan fingerprint density at radius 3 is 2.42 bits per heavy atom. The van der Waals surface area contributed by atoms with Crippen molar-refractivity contribution in [2.24, 2.45) is 0 Å². The van der Waals surface area contributed by atoms with Crippen molar-refractivity contribution in [2.75, 3.05) is 0 Å². The zero-order valence-electron chi connectivity index (χ0n) is 16.2. The molecular formula is C24H15FN6. The second-order valence-corrected chi connectivity index (χ2v) is 7.21. The van der Waals surface area contributed by atoms with E-state index in [2.05, 4.69) is 30.1 Å². The van der Waals surface area contributed by atoms with Crippen LogP contribution in [0.5, 0.6) is 0 Å². The smallest absolute Gasteiger partial charge is 0.123 e. The Kier molecular flexibility index (Phi) is 3.86. The minimum Gasteiger partial charge on any atom is -0.353 e. The van der Waals surface area contributed by atoms with Gasteiger partial charge in [0.1, 0.15) is 11.5 Å². The molecule has 0 aliphatic heterocycles. The monoisotopic (exact) mass is 406 g/mol. The summed E-state index contributed by atoms with van der Waals surface area (Å²) in [7, 11) is 0.